The van der Waals surface area contributed by atoms with E-state index in [1.54, 1.807) is 0 Å². The molecular formula is C27H57ClO3Si. The first kappa shape index (κ1) is 32.4. The van der Waals surface area contributed by atoms with Gasteiger partial charge in [-0.2, -0.15) is 0 Å². The highest BCUT2D eigenvalue weighted by atomic mass is 35.5. The molecule has 0 rings (SSSR count). The van der Waals surface area contributed by atoms with Crippen molar-refractivity contribution < 1.29 is 13.3 Å². The molecule has 0 bridgehead atoms. The Morgan fingerprint density at radius 2 is 0.906 bits per heavy atom. The largest absolute Gasteiger partial charge is 0.509 e. The second-order valence-corrected chi connectivity index (χ2v) is 13.7. The summed E-state index contributed by atoms with van der Waals surface area (Å²) in [5.74, 6) is 0. The van der Waals surface area contributed by atoms with Crippen LogP contribution in [0.25, 0.3) is 0 Å². The van der Waals surface area contributed by atoms with Crippen molar-refractivity contribution in [2.75, 3.05) is 19.8 Å². The highest BCUT2D eigenvalue weighted by Crippen LogP contribution is 2.59. The van der Waals surface area contributed by atoms with Crippen molar-refractivity contribution in [3.63, 3.8) is 0 Å². The van der Waals surface area contributed by atoms with Gasteiger partial charge in [0.05, 0.1) is 5.04 Å². The minimum Gasteiger partial charge on any atom is -0.373 e. The third-order valence-corrected chi connectivity index (χ3v) is 11.7. The molecule has 1 atom stereocenters. The molecule has 0 aliphatic heterocycles. The summed E-state index contributed by atoms with van der Waals surface area (Å²) in [7, 11) is -2.96. The van der Waals surface area contributed by atoms with Gasteiger partial charge < -0.3 is 13.3 Å². The molecule has 194 valence electrons. The first-order valence-corrected chi connectivity index (χ1v) is 16.0. The van der Waals surface area contributed by atoms with E-state index in [1.165, 1.54) is 70.6 Å². The van der Waals surface area contributed by atoms with Crippen molar-refractivity contribution >= 4 is 20.4 Å². The molecule has 0 fully saturated rings. The Kier molecular flexibility index (Phi) is 18.9. The van der Waals surface area contributed by atoms with Gasteiger partial charge in [0.2, 0.25) is 0 Å². The Bertz CT molecular complexity index is 411. The molecule has 5 heteroatoms. The van der Waals surface area contributed by atoms with Crippen LogP contribution in [0.2, 0.25) is 5.04 Å². The van der Waals surface area contributed by atoms with Gasteiger partial charge in [0.25, 0.3) is 0 Å². The van der Waals surface area contributed by atoms with Gasteiger partial charge in [0.15, 0.2) is 0 Å². The monoisotopic (exact) mass is 492 g/mol. The van der Waals surface area contributed by atoms with Crippen LogP contribution in [-0.4, -0.2) is 33.5 Å². The molecular weight excluding hydrogens is 436 g/mol. The Balaban J connectivity index is 4.88. The number of hydrogen-bond acceptors (Lipinski definition) is 3. The van der Waals surface area contributed by atoms with Crippen LogP contribution >= 0.6 is 11.6 Å². The molecule has 0 aromatic rings. The van der Waals surface area contributed by atoms with Crippen LogP contribution in [0.1, 0.15) is 145 Å². The number of rotatable bonds is 23. The van der Waals surface area contributed by atoms with E-state index in [4.69, 9.17) is 24.9 Å². The summed E-state index contributed by atoms with van der Waals surface area (Å²) in [5.41, 5.74) is 0. The summed E-state index contributed by atoms with van der Waals surface area (Å²) in [6, 6.07) is 0. The molecule has 0 spiro atoms. The summed E-state index contributed by atoms with van der Waals surface area (Å²) in [5, 5.41) is -0.267. The Hall–Kier alpha value is 0.387. The number of hydrogen-bond donors (Lipinski definition) is 0. The van der Waals surface area contributed by atoms with Gasteiger partial charge in [0, 0.05) is 24.7 Å². The average molecular weight is 493 g/mol. The lowest BCUT2D eigenvalue weighted by Gasteiger charge is -2.51. The van der Waals surface area contributed by atoms with Crippen LogP contribution in [0, 0.1) is 0 Å². The average Bonchev–Trinajstić information content (AvgIpc) is 2.73. The first-order valence-electron chi connectivity index (χ1n) is 13.9. The van der Waals surface area contributed by atoms with E-state index < -0.39 is 13.7 Å². The fourth-order valence-electron chi connectivity index (χ4n) is 5.19. The molecule has 0 radical (unpaired) electrons. The molecule has 0 amide bonds. The lowest BCUT2D eigenvalue weighted by Crippen LogP contribution is -2.62. The summed E-state index contributed by atoms with van der Waals surface area (Å²) >= 11 is 7.16. The lowest BCUT2D eigenvalue weighted by molar-refractivity contribution is 0.0299. The van der Waals surface area contributed by atoms with Crippen molar-refractivity contribution in [2.24, 2.45) is 0 Å². The summed E-state index contributed by atoms with van der Waals surface area (Å²) < 4.78 is 19.3. The predicted molar refractivity (Wildman–Crippen MR) is 144 cm³/mol. The zero-order chi connectivity index (χ0) is 24.3. The van der Waals surface area contributed by atoms with Crippen molar-refractivity contribution in [2.45, 2.75) is 155 Å². The Labute approximate surface area is 208 Å². The van der Waals surface area contributed by atoms with Gasteiger partial charge in [0.1, 0.15) is 0 Å². The molecule has 0 saturated heterocycles. The Morgan fingerprint density at radius 1 is 0.531 bits per heavy atom. The van der Waals surface area contributed by atoms with Gasteiger partial charge in [-0.25, -0.2) is 0 Å². The molecule has 0 aliphatic carbocycles. The summed E-state index contributed by atoms with van der Waals surface area (Å²) in [4.78, 5) is -0.452. The maximum absolute atomic E-state index is 7.16. The Morgan fingerprint density at radius 3 is 1.22 bits per heavy atom. The molecule has 0 saturated carbocycles. The third-order valence-electron chi connectivity index (χ3n) is 6.86. The van der Waals surface area contributed by atoms with Crippen molar-refractivity contribution in [3.05, 3.63) is 0 Å². The van der Waals surface area contributed by atoms with E-state index in [9.17, 15) is 0 Å². The molecule has 1 unspecified atom stereocenters. The molecule has 0 aromatic carbocycles. The maximum Gasteiger partial charge on any atom is 0.509 e. The zero-order valence-electron chi connectivity index (χ0n) is 22.8. The van der Waals surface area contributed by atoms with Crippen molar-refractivity contribution in [3.8, 4) is 0 Å². The summed E-state index contributed by atoms with van der Waals surface area (Å²) in [6.45, 7) is 16.7. The highest BCUT2D eigenvalue weighted by Gasteiger charge is 2.66. The van der Waals surface area contributed by atoms with Gasteiger partial charge in [-0.15, -0.1) is 11.6 Å². The maximum atomic E-state index is 7.16. The normalized spacial score (nSPS) is 14.6. The molecule has 32 heavy (non-hydrogen) atoms. The van der Waals surface area contributed by atoms with E-state index in [-0.39, 0.29) is 5.04 Å². The van der Waals surface area contributed by atoms with E-state index in [0.29, 0.717) is 19.8 Å². The van der Waals surface area contributed by atoms with Gasteiger partial charge >= 0.3 is 8.80 Å². The minimum atomic E-state index is -2.96. The number of unbranched alkanes of at least 4 members (excludes halogenated alkanes) is 11. The first-order chi connectivity index (χ1) is 15.3. The molecule has 0 N–H and O–H groups in total. The van der Waals surface area contributed by atoms with Crippen LogP contribution in [-0.2, 0) is 13.3 Å². The zero-order valence-corrected chi connectivity index (χ0v) is 24.6. The fourth-order valence-corrected chi connectivity index (χ4v) is 9.72. The SMILES string of the molecule is CCCCCCCCCCCCCCC(CCC)(C(C)(C)Cl)[Si](OCC)(OCC)OCC. The minimum absolute atomic E-state index is 0.267. The van der Waals surface area contributed by atoms with Crippen LogP contribution in [0.3, 0.4) is 0 Å². The summed E-state index contributed by atoms with van der Waals surface area (Å²) in [6.07, 6.45) is 19.3. The van der Waals surface area contributed by atoms with Gasteiger partial charge in [-0.05, 0) is 47.5 Å². The van der Waals surface area contributed by atoms with Gasteiger partial charge in [-0.3, -0.25) is 0 Å². The third kappa shape index (κ3) is 10.8. The number of halogens is 1. The van der Waals surface area contributed by atoms with Crippen LogP contribution in [0.15, 0.2) is 0 Å². The topological polar surface area (TPSA) is 27.7 Å². The smallest absolute Gasteiger partial charge is 0.373 e. The second kappa shape index (κ2) is 18.7. The highest BCUT2D eigenvalue weighted by molar-refractivity contribution is 6.66. The second-order valence-electron chi connectivity index (χ2n) is 9.80. The lowest BCUT2D eigenvalue weighted by atomic mass is 9.84. The van der Waals surface area contributed by atoms with Crippen LogP contribution in [0.4, 0.5) is 0 Å². The van der Waals surface area contributed by atoms with Gasteiger partial charge in [-0.1, -0.05) is 97.3 Å². The predicted octanol–water partition coefficient (Wildman–Crippen LogP) is 9.68. The van der Waals surface area contributed by atoms with E-state index in [0.717, 1.165) is 25.7 Å². The van der Waals surface area contributed by atoms with E-state index in [1.807, 2.05) is 20.8 Å². The van der Waals surface area contributed by atoms with Crippen molar-refractivity contribution in [1.29, 1.82) is 0 Å². The van der Waals surface area contributed by atoms with E-state index in [2.05, 4.69) is 27.7 Å². The van der Waals surface area contributed by atoms with Crippen LogP contribution in [0.5, 0.6) is 0 Å². The molecule has 0 aliphatic rings. The molecule has 0 heterocycles. The van der Waals surface area contributed by atoms with Crippen molar-refractivity contribution in [1.82, 2.24) is 0 Å². The molecule has 0 aromatic heterocycles. The fraction of sp³-hybridized carbons (Fsp3) is 1.00. The quantitative estimate of drug-likeness (QED) is 0.0806. The number of alkyl halides is 1. The van der Waals surface area contributed by atoms with Crippen LogP contribution < -0.4 is 0 Å². The molecule has 3 nitrogen and oxygen atoms in total. The van der Waals surface area contributed by atoms with E-state index >= 15 is 0 Å². The standard InChI is InChI=1S/C27H57ClO3Si/c1-8-13-14-15-16-17-18-19-20-21-22-23-25-27(24-9-2,26(6,7)28)32(29-10-3,30-11-4)31-12-5/h8-25H2,1-7H3.